The Bertz CT molecular complexity index is 1000. The van der Waals surface area contributed by atoms with Crippen LogP contribution < -0.4 is 10.6 Å². The lowest BCUT2D eigenvalue weighted by molar-refractivity contribution is 0.102. The molecule has 0 bridgehead atoms. The highest BCUT2D eigenvalue weighted by atomic mass is 35.5. The molecular formula is C21H16Cl2N2O2. The number of carbonyl (C=O) groups is 2. The van der Waals surface area contributed by atoms with Crippen LogP contribution in [0.2, 0.25) is 10.0 Å². The molecule has 0 aliphatic rings. The molecule has 6 heteroatoms. The summed E-state index contributed by atoms with van der Waals surface area (Å²) in [5, 5.41) is 6.32. The molecule has 2 N–H and O–H groups in total. The maximum atomic E-state index is 12.7. The summed E-state index contributed by atoms with van der Waals surface area (Å²) in [7, 11) is 0. The number of rotatable bonds is 4. The highest BCUT2D eigenvalue weighted by Crippen LogP contribution is 2.26. The lowest BCUT2D eigenvalue weighted by Gasteiger charge is -2.12. The molecule has 2 amide bonds. The Morgan fingerprint density at radius 2 is 1.44 bits per heavy atom. The van der Waals surface area contributed by atoms with Crippen molar-refractivity contribution in [1.82, 2.24) is 0 Å². The van der Waals surface area contributed by atoms with Crippen molar-refractivity contribution in [3.05, 3.63) is 93.5 Å². The van der Waals surface area contributed by atoms with Crippen LogP contribution in [0.5, 0.6) is 0 Å². The van der Waals surface area contributed by atoms with Crippen LogP contribution in [0.25, 0.3) is 0 Å². The Morgan fingerprint density at radius 3 is 2.15 bits per heavy atom. The maximum absolute atomic E-state index is 12.7. The first-order valence-electron chi connectivity index (χ1n) is 8.17. The minimum Gasteiger partial charge on any atom is -0.321 e. The number of anilines is 2. The molecule has 4 nitrogen and oxygen atoms in total. The highest BCUT2D eigenvalue weighted by Gasteiger charge is 2.15. The van der Waals surface area contributed by atoms with E-state index < -0.39 is 0 Å². The van der Waals surface area contributed by atoms with Crippen molar-refractivity contribution in [2.75, 3.05) is 10.6 Å². The fourth-order valence-corrected chi connectivity index (χ4v) is 2.93. The van der Waals surface area contributed by atoms with Crippen LogP contribution in [0.15, 0.2) is 66.7 Å². The van der Waals surface area contributed by atoms with Crippen LogP contribution in [0.3, 0.4) is 0 Å². The Kier molecular flexibility index (Phi) is 5.79. The average Bonchev–Trinajstić information content (AvgIpc) is 2.65. The van der Waals surface area contributed by atoms with Gasteiger partial charge in [0.15, 0.2) is 0 Å². The molecule has 27 heavy (non-hydrogen) atoms. The van der Waals surface area contributed by atoms with Crippen molar-refractivity contribution in [3.8, 4) is 0 Å². The minimum absolute atomic E-state index is 0.292. The van der Waals surface area contributed by atoms with Crippen LogP contribution in [0, 0.1) is 6.92 Å². The van der Waals surface area contributed by atoms with Gasteiger partial charge in [-0.15, -0.1) is 0 Å². The number of carbonyl (C=O) groups excluding carboxylic acids is 2. The fraction of sp³-hybridized carbons (Fsp3) is 0.0476. The van der Waals surface area contributed by atoms with Gasteiger partial charge in [-0.1, -0.05) is 53.0 Å². The molecule has 0 fully saturated rings. The molecule has 0 radical (unpaired) electrons. The number of halogens is 2. The first-order chi connectivity index (χ1) is 12.9. The normalized spacial score (nSPS) is 10.3. The van der Waals surface area contributed by atoms with E-state index in [1.165, 1.54) is 0 Å². The third-order valence-electron chi connectivity index (χ3n) is 3.91. The van der Waals surface area contributed by atoms with E-state index in [-0.39, 0.29) is 11.8 Å². The third kappa shape index (κ3) is 4.67. The molecule has 0 spiro atoms. The number of para-hydroxylation sites is 1. The summed E-state index contributed by atoms with van der Waals surface area (Å²) in [5.41, 5.74) is 2.74. The molecule has 3 aromatic rings. The number of hydrogen-bond acceptors (Lipinski definition) is 2. The van der Waals surface area contributed by atoms with Crippen molar-refractivity contribution in [2.45, 2.75) is 6.92 Å². The molecule has 0 aliphatic carbocycles. The van der Waals surface area contributed by atoms with Crippen molar-refractivity contribution in [3.63, 3.8) is 0 Å². The van der Waals surface area contributed by atoms with Gasteiger partial charge in [0.05, 0.1) is 22.0 Å². The molecule has 0 atom stereocenters. The first-order valence-corrected chi connectivity index (χ1v) is 8.93. The third-order valence-corrected chi connectivity index (χ3v) is 4.46. The molecular weight excluding hydrogens is 383 g/mol. The molecule has 0 aliphatic heterocycles. The monoisotopic (exact) mass is 398 g/mol. The number of benzene rings is 3. The van der Waals surface area contributed by atoms with Gasteiger partial charge < -0.3 is 10.6 Å². The smallest absolute Gasteiger partial charge is 0.257 e. The summed E-state index contributed by atoms with van der Waals surface area (Å²) >= 11 is 12.0. The Balaban J connectivity index is 1.81. The van der Waals surface area contributed by atoms with Crippen LogP contribution in [-0.4, -0.2) is 11.8 Å². The van der Waals surface area contributed by atoms with Crippen molar-refractivity contribution < 1.29 is 9.59 Å². The van der Waals surface area contributed by atoms with Gasteiger partial charge in [0.2, 0.25) is 0 Å². The summed E-state index contributed by atoms with van der Waals surface area (Å²) in [6.45, 7) is 1.95. The van der Waals surface area contributed by atoms with E-state index in [2.05, 4.69) is 10.6 Å². The topological polar surface area (TPSA) is 58.2 Å². The van der Waals surface area contributed by atoms with E-state index in [0.717, 1.165) is 5.56 Å². The Labute approximate surface area is 167 Å². The average molecular weight is 399 g/mol. The van der Waals surface area contributed by atoms with Gasteiger partial charge in [-0.25, -0.2) is 0 Å². The van der Waals surface area contributed by atoms with E-state index >= 15 is 0 Å². The van der Waals surface area contributed by atoms with Gasteiger partial charge >= 0.3 is 0 Å². The zero-order valence-corrected chi connectivity index (χ0v) is 15.9. The number of hydrogen-bond donors (Lipinski definition) is 2. The standard InChI is InChI=1S/C21H16Cl2N2O2/c1-13-6-8-14(9-7-13)20(26)24-18-5-3-2-4-16(18)21(27)25-19-11-10-15(22)12-17(19)23/h2-12H,1H3,(H,24,26)(H,25,27). The SMILES string of the molecule is Cc1ccc(C(=O)Nc2ccccc2C(=O)Nc2ccc(Cl)cc2Cl)cc1. The first kappa shape index (κ1) is 19.0. The second-order valence-electron chi connectivity index (χ2n) is 5.94. The van der Waals surface area contributed by atoms with E-state index in [1.807, 2.05) is 19.1 Å². The van der Waals surface area contributed by atoms with Gasteiger partial charge in [-0.3, -0.25) is 9.59 Å². The summed E-state index contributed by atoms with van der Waals surface area (Å²) in [5.74, 6) is -0.682. The number of aryl methyl sites for hydroxylation is 1. The molecule has 3 aromatic carbocycles. The Morgan fingerprint density at radius 1 is 0.778 bits per heavy atom. The zero-order valence-electron chi connectivity index (χ0n) is 14.4. The fourth-order valence-electron chi connectivity index (χ4n) is 2.47. The highest BCUT2D eigenvalue weighted by molar-refractivity contribution is 6.36. The van der Waals surface area contributed by atoms with Gasteiger partial charge in [-0.2, -0.15) is 0 Å². The molecule has 3 rings (SSSR count). The summed E-state index contributed by atoms with van der Waals surface area (Å²) < 4.78 is 0. The quantitative estimate of drug-likeness (QED) is 0.582. The largest absolute Gasteiger partial charge is 0.321 e. The summed E-state index contributed by atoms with van der Waals surface area (Å²) in [6.07, 6.45) is 0. The lowest BCUT2D eigenvalue weighted by atomic mass is 10.1. The predicted molar refractivity (Wildman–Crippen MR) is 110 cm³/mol. The van der Waals surface area contributed by atoms with E-state index in [9.17, 15) is 9.59 Å². The lowest BCUT2D eigenvalue weighted by Crippen LogP contribution is -2.18. The second kappa shape index (κ2) is 8.25. The van der Waals surface area contributed by atoms with Crippen LogP contribution in [0.4, 0.5) is 11.4 Å². The van der Waals surface area contributed by atoms with Crippen molar-refractivity contribution >= 4 is 46.4 Å². The zero-order chi connectivity index (χ0) is 19.4. The van der Waals surface area contributed by atoms with E-state index in [0.29, 0.717) is 32.5 Å². The van der Waals surface area contributed by atoms with Gasteiger partial charge in [0.1, 0.15) is 0 Å². The molecule has 136 valence electrons. The number of amides is 2. The molecule has 0 saturated carbocycles. The van der Waals surface area contributed by atoms with E-state index in [4.69, 9.17) is 23.2 Å². The molecule has 0 unspecified atom stereocenters. The Hall–Kier alpha value is -2.82. The molecule has 0 heterocycles. The van der Waals surface area contributed by atoms with E-state index in [1.54, 1.807) is 54.6 Å². The maximum Gasteiger partial charge on any atom is 0.257 e. The van der Waals surface area contributed by atoms with Gasteiger partial charge in [-0.05, 0) is 49.4 Å². The van der Waals surface area contributed by atoms with Crippen molar-refractivity contribution in [2.24, 2.45) is 0 Å². The predicted octanol–water partition coefficient (Wildman–Crippen LogP) is 5.81. The summed E-state index contributed by atoms with van der Waals surface area (Å²) in [4.78, 5) is 25.2. The van der Waals surface area contributed by atoms with Gasteiger partial charge in [0, 0.05) is 10.6 Å². The van der Waals surface area contributed by atoms with Crippen LogP contribution in [-0.2, 0) is 0 Å². The molecule has 0 saturated heterocycles. The van der Waals surface area contributed by atoms with Crippen molar-refractivity contribution in [1.29, 1.82) is 0 Å². The van der Waals surface area contributed by atoms with Crippen LogP contribution >= 0.6 is 23.2 Å². The van der Waals surface area contributed by atoms with Crippen LogP contribution in [0.1, 0.15) is 26.3 Å². The second-order valence-corrected chi connectivity index (χ2v) is 6.79. The summed E-state index contributed by atoms with van der Waals surface area (Å²) in [6, 6.07) is 18.8. The number of nitrogens with one attached hydrogen (secondary N) is 2. The molecule has 0 aromatic heterocycles. The minimum atomic E-state index is -0.390. The van der Waals surface area contributed by atoms with Gasteiger partial charge in [0.25, 0.3) is 11.8 Å².